The Morgan fingerprint density at radius 2 is 1.83 bits per heavy atom. The lowest BCUT2D eigenvalue weighted by atomic mass is 10.2. The highest BCUT2D eigenvalue weighted by Gasteiger charge is 2.18. The highest BCUT2D eigenvalue weighted by Crippen LogP contribution is 2.21. The Bertz CT molecular complexity index is 979. The summed E-state index contributed by atoms with van der Waals surface area (Å²) in [4.78, 5) is 45.9. The second-order valence-corrected chi connectivity index (χ2v) is 6.35. The number of halogens is 1. The number of hydrogen-bond donors (Lipinski definition) is 3. The summed E-state index contributed by atoms with van der Waals surface area (Å²) >= 11 is 0. The number of urea groups is 1. The lowest BCUT2D eigenvalue weighted by Crippen LogP contribution is -2.34. The zero-order valence-corrected chi connectivity index (χ0v) is 16.1. The molecule has 0 saturated carbocycles. The Hall–Kier alpha value is -4.02. The average molecular weight is 418 g/mol. The third-order valence-corrected chi connectivity index (χ3v) is 3.58. The molecule has 0 heterocycles. The summed E-state index contributed by atoms with van der Waals surface area (Å²) in [7, 11) is 0. The van der Waals surface area contributed by atoms with Crippen molar-refractivity contribution in [1.82, 2.24) is 5.32 Å². The van der Waals surface area contributed by atoms with Gasteiger partial charge in [0.25, 0.3) is 5.91 Å². The van der Waals surface area contributed by atoms with Crippen molar-refractivity contribution >= 4 is 35.0 Å². The summed E-state index contributed by atoms with van der Waals surface area (Å²) < 4.78 is 18.3. The number of carbonyl (C=O) groups is 3. The maximum atomic E-state index is 13.3. The summed E-state index contributed by atoms with van der Waals surface area (Å²) in [6, 6.07) is 8.26. The van der Waals surface area contributed by atoms with Gasteiger partial charge in [-0.2, -0.15) is 4.39 Å². The Morgan fingerprint density at radius 3 is 2.50 bits per heavy atom. The highest BCUT2D eigenvalue weighted by molar-refractivity contribution is 6.02. The van der Waals surface area contributed by atoms with E-state index in [1.807, 2.05) is 0 Å². The van der Waals surface area contributed by atoms with E-state index in [4.69, 9.17) is 4.74 Å². The van der Waals surface area contributed by atoms with Crippen molar-refractivity contribution in [2.24, 2.45) is 0 Å². The number of rotatable bonds is 7. The predicted octanol–water partition coefficient (Wildman–Crippen LogP) is 3.06. The number of nitrogens with zero attached hydrogens (tertiary/aromatic N) is 1. The van der Waals surface area contributed by atoms with E-state index in [-0.39, 0.29) is 23.0 Å². The van der Waals surface area contributed by atoms with Crippen LogP contribution in [0.5, 0.6) is 0 Å². The molecule has 0 spiro atoms. The van der Waals surface area contributed by atoms with Crippen molar-refractivity contribution in [2.45, 2.75) is 19.9 Å². The molecule has 0 aliphatic heterocycles. The Morgan fingerprint density at radius 1 is 1.13 bits per heavy atom. The molecule has 3 amide bonds. The maximum absolute atomic E-state index is 13.3. The van der Waals surface area contributed by atoms with E-state index in [2.05, 4.69) is 16.0 Å². The zero-order chi connectivity index (χ0) is 22.3. The van der Waals surface area contributed by atoms with Crippen molar-refractivity contribution in [3.05, 3.63) is 64.0 Å². The number of para-hydroxylation sites is 1. The fraction of sp³-hybridized carbons (Fsp3) is 0.211. The molecule has 2 aromatic rings. The van der Waals surface area contributed by atoms with Crippen LogP contribution >= 0.6 is 0 Å². The van der Waals surface area contributed by atoms with E-state index >= 15 is 0 Å². The first-order valence-electron chi connectivity index (χ1n) is 8.75. The highest BCUT2D eigenvalue weighted by atomic mass is 19.1. The molecule has 0 unspecified atom stereocenters. The van der Waals surface area contributed by atoms with Gasteiger partial charge in [0, 0.05) is 17.8 Å². The van der Waals surface area contributed by atoms with Crippen molar-refractivity contribution < 1.29 is 28.4 Å². The average Bonchev–Trinajstić information content (AvgIpc) is 2.67. The molecule has 10 nitrogen and oxygen atoms in total. The summed E-state index contributed by atoms with van der Waals surface area (Å²) in [5, 5.41) is 18.2. The number of benzene rings is 2. The van der Waals surface area contributed by atoms with Crippen molar-refractivity contribution in [2.75, 3.05) is 17.2 Å². The SMILES string of the molecule is CC(C)NC(=O)Nc1ccccc1C(=O)OCC(=O)Nc1ccc(F)c([N+](=O)[O-])c1. The minimum Gasteiger partial charge on any atom is -0.452 e. The summed E-state index contributed by atoms with van der Waals surface area (Å²) in [5.41, 5.74) is -0.613. The van der Waals surface area contributed by atoms with Gasteiger partial charge in [-0.3, -0.25) is 14.9 Å². The van der Waals surface area contributed by atoms with Crippen LogP contribution in [0.2, 0.25) is 0 Å². The van der Waals surface area contributed by atoms with Crippen LogP contribution in [0.1, 0.15) is 24.2 Å². The monoisotopic (exact) mass is 418 g/mol. The molecule has 0 aromatic heterocycles. The lowest BCUT2D eigenvalue weighted by Gasteiger charge is -2.13. The lowest BCUT2D eigenvalue weighted by molar-refractivity contribution is -0.387. The second kappa shape index (κ2) is 9.96. The van der Waals surface area contributed by atoms with Gasteiger partial charge in [-0.25, -0.2) is 9.59 Å². The van der Waals surface area contributed by atoms with Crippen molar-refractivity contribution in [3.63, 3.8) is 0 Å². The van der Waals surface area contributed by atoms with Crippen LogP contribution in [0.15, 0.2) is 42.5 Å². The van der Waals surface area contributed by atoms with E-state index < -0.39 is 40.9 Å². The molecule has 0 atom stereocenters. The first kappa shape index (κ1) is 22.3. The van der Waals surface area contributed by atoms with Crippen LogP contribution in [0, 0.1) is 15.9 Å². The number of esters is 1. The largest absolute Gasteiger partial charge is 0.452 e. The number of nitro benzene ring substituents is 1. The molecule has 0 radical (unpaired) electrons. The first-order chi connectivity index (χ1) is 14.2. The van der Waals surface area contributed by atoms with Gasteiger partial charge in [0.2, 0.25) is 5.82 Å². The molecule has 158 valence electrons. The standard InChI is InChI=1S/C19H19FN4O6/c1-11(2)21-19(27)23-15-6-4-3-5-13(15)18(26)30-10-17(25)22-12-7-8-14(20)16(9-12)24(28)29/h3-9,11H,10H2,1-2H3,(H,22,25)(H2,21,23,27). The van der Waals surface area contributed by atoms with Gasteiger partial charge in [-0.1, -0.05) is 12.1 Å². The minimum atomic E-state index is -1.05. The smallest absolute Gasteiger partial charge is 0.340 e. The molecule has 0 saturated heterocycles. The predicted molar refractivity (Wildman–Crippen MR) is 106 cm³/mol. The normalized spacial score (nSPS) is 10.3. The van der Waals surface area contributed by atoms with Crippen LogP contribution in [0.25, 0.3) is 0 Å². The van der Waals surface area contributed by atoms with Gasteiger partial charge in [0.05, 0.1) is 16.2 Å². The minimum absolute atomic E-state index is 0.0293. The van der Waals surface area contributed by atoms with Crippen molar-refractivity contribution in [1.29, 1.82) is 0 Å². The molecule has 0 aliphatic rings. The van der Waals surface area contributed by atoms with E-state index in [0.29, 0.717) is 0 Å². The number of anilines is 2. The Labute approximate surface area is 170 Å². The summed E-state index contributed by atoms with van der Waals surface area (Å²) in [6.07, 6.45) is 0. The van der Waals surface area contributed by atoms with Crippen LogP contribution < -0.4 is 16.0 Å². The van der Waals surface area contributed by atoms with Crippen LogP contribution in [-0.2, 0) is 9.53 Å². The molecule has 11 heteroatoms. The molecule has 0 fully saturated rings. The van der Waals surface area contributed by atoms with Gasteiger partial charge in [0.15, 0.2) is 6.61 Å². The molecular formula is C19H19FN4O6. The van der Waals surface area contributed by atoms with Gasteiger partial charge in [0.1, 0.15) is 0 Å². The Balaban J connectivity index is 1.99. The molecule has 30 heavy (non-hydrogen) atoms. The molecule has 2 aromatic carbocycles. The summed E-state index contributed by atoms with van der Waals surface area (Å²) in [6.45, 7) is 2.85. The number of ether oxygens (including phenoxy) is 1. The number of amides is 3. The van der Waals surface area contributed by atoms with Gasteiger partial charge >= 0.3 is 17.7 Å². The maximum Gasteiger partial charge on any atom is 0.340 e. The summed E-state index contributed by atoms with van der Waals surface area (Å²) in [5.74, 6) is -2.70. The Kier molecular flexibility index (Phi) is 7.39. The first-order valence-corrected chi connectivity index (χ1v) is 8.75. The van der Waals surface area contributed by atoms with E-state index in [1.54, 1.807) is 26.0 Å². The number of carbonyl (C=O) groups excluding carboxylic acids is 3. The molecule has 0 aliphatic carbocycles. The van der Waals surface area contributed by atoms with Crippen LogP contribution in [-0.4, -0.2) is 35.5 Å². The third kappa shape index (κ3) is 6.26. The van der Waals surface area contributed by atoms with E-state index in [0.717, 1.165) is 18.2 Å². The van der Waals surface area contributed by atoms with Gasteiger partial charge in [-0.15, -0.1) is 0 Å². The molecule has 2 rings (SSSR count). The van der Waals surface area contributed by atoms with Crippen LogP contribution in [0.4, 0.5) is 26.2 Å². The van der Waals surface area contributed by atoms with E-state index in [9.17, 15) is 28.9 Å². The topological polar surface area (TPSA) is 140 Å². The number of hydrogen-bond acceptors (Lipinski definition) is 6. The van der Waals surface area contributed by atoms with Crippen LogP contribution in [0.3, 0.4) is 0 Å². The number of nitrogens with one attached hydrogen (secondary N) is 3. The fourth-order valence-corrected chi connectivity index (χ4v) is 2.33. The molecule has 0 bridgehead atoms. The molecule has 3 N–H and O–H groups in total. The fourth-order valence-electron chi connectivity index (χ4n) is 2.33. The zero-order valence-electron chi connectivity index (χ0n) is 16.1. The third-order valence-electron chi connectivity index (χ3n) is 3.58. The van der Waals surface area contributed by atoms with Crippen molar-refractivity contribution in [3.8, 4) is 0 Å². The van der Waals surface area contributed by atoms with Gasteiger partial charge < -0.3 is 20.7 Å². The van der Waals surface area contributed by atoms with Gasteiger partial charge in [-0.05, 0) is 38.1 Å². The van der Waals surface area contributed by atoms with E-state index in [1.165, 1.54) is 12.1 Å². The number of nitro groups is 1. The molecular weight excluding hydrogens is 399 g/mol. The second-order valence-electron chi connectivity index (χ2n) is 6.35. The quantitative estimate of drug-likeness (QED) is 0.359.